The van der Waals surface area contributed by atoms with Crippen molar-refractivity contribution in [3.63, 3.8) is 0 Å². The van der Waals surface area contributed by atoms with Gasteiger partial charge in [0.25, 0.3) is 0 Å². The number of ether oxygens (including phenoxy) is 1. The summed E-state index contributed by atoms with van der Waals surface area (Å²) in [6.45, 7) is 9.25. The number of allylic oxidation sites excluding steroid dienone is 1. The normalized spacial score (nSPS) is 23.9. The summed E-state index contributed by atoms with van der Waals surface area (Å²) in [5.41, 5.74) is 1.27. The van der Waals surface area contributed by atoms with Crippen molar-refractivity contribution in [1.82, 2.24) is 0 Å². The Labute approximate surface area is 74.3 Å². The fraction of sp³-hybridized carbons (Fsp3) is 0.750. The van der Waals surface area contributed by atoms with Gasteiger partial charge in [-0.25, -0.2) is 0 Å². The van der Waals surface area contributed by atoms with Gasteiger partial charge in [-0.15, -0.1) is 0 Å². The highest BCUT2D eigenvalue weighted by molar-refractivity contribution is 7.96. The smallest absolute Gasteiger partial charge is 0.143 e. The van der Waals surface area contributed by atoms with Crippen molar-refractivity contribution >= 4 is 18.5 Å². The first-order valence-corrected chi connectivity index (χ1v) is 6.06. The van der Waals surface area contributed by atoms with Crippen LogP contribution in [0.1, 0.15) is 27.7 Å². The predicted molar refractivity (Wildman–Crippen MR) is 50.9 cm³/mol. The van der Waals surface area contributed by atoms with Crippen molar-refractivity contribution in [2.75, 3.05) is 6.61 Å². The molecule has 0 fully saturated rings. The second kappa shape index (κ2) is 2.95. The van der Waals surface area contributed by atoms with E-state index in [0.29, 0.717) is 0 Å². The van der Waals surface area contributed by atoms with Gasteiger partial charge in [0.2, 0.25) is 0 Å². The van der Waals surface area contributed by atoms with Gasteiger partial charge in [-0.2, -0.15) is 0 Å². The van der Waals surface area contributed by atoms with Crippen molar-refractivity contribution in [3.05, 3.63) is 10.8 Å². The van der Waals surface area contributed by atoms with Gasteiger partial charge in [-0.3, -0.25) is 0 Å². The summed E-state index contributed by atoms with van der Waals surface area (Å²) < 4.78 is 5.38. The fourth-order valence-corrected chi connectivity index (χ4v) is 4.09. The molecule has 0 amide bonds. The molecule has 0 radical (unpaired) electrons. The Kier molecular flexibility index (Phi) is 2.51. The highest BCUT2D eigenvalue weighted by Crippen LogP contribution is 2.78. The quantitative estimate of drug-likeness (QED) is 0.604. The first-order chi connectivity index (χ1) is 4.98. The molecule has 0 aromatic carbocycles. The van der Waals surface area contributed by atoms with Crippen LogP contribution in [-0.2, 0) is 4.74 Å². The van der Waals surface area contributed by atoms with Gasteiger partial charge in [0.05, 0.1) is 13.9 Å². The largest absolute Gasteiger partial charge is 0.492 e. The van der Waals surface area contributed by atoms with Crippen molar-refractivity contribution < 1.29 is 4.74 Å². The number of hydrogen-bond acceptors (Lipinski definition) is 1. The lowest BCUT2D eigenvalue weighted by atomic mass is 9.97. The van der Waals surface area contributed by atoms with Crippen LogP contribution in [-0.4, -0.2) is 6.61 Å². The van der Waals surface area contributed by atoms with Crippen LogP contribution in [0.5, 0.6) is 0 Å². The van der Waals surface area contributed by atoms with Crippen LogP contribution < -0.4 is 0 Å². The second-order valence-corrected chi connectivity index (χ2v) is 6.05. The molecule has 0 aliphatic carbocycles. The zero-order chi connectivity index (χ0) is 8.65. The maximum absolute atomic E-state index is 6.05. The molecule has 0 saturated heterocycles. The van der Waals surface area contributed by atoms with Crippen LogP contribution in [0.4, 0.5) is 0 Å². The summed E-state index contributed by atoms with van der Waals surface area (Å²) in [5, 5.41) is 1.33. The van der Waals surface area contributed by atoms with Gasteiger partial charge in [0.1, 0.15) is 5.50 Å². The molecule has 0 spiro atoms. The molecule has 1 aliphatic heterocycles. The molecule has 64 valence electrons. The van der Waals surface area contributed by atoms with E-state index in [2.05, 4.69) is 20.8 Å². The predicted octanol–water partition coefficient (Wildman–Crippen LogP) is 3.89. The number of halogens is 1. The first-order valence-electron chi connectivity index (χ1n) is 3.82. The second-order valence-electron chi connectivity index (χ2n) is 3.62. The molecular weight excluding hydrogens is 179 g/mol. The molecule has 1 atom stereocenters. The summed E-state index contributed by atoms with van der Waals surface area (Å²) in [5.74, 6) is 0. The molecule has 1 rings (SSSR count). The van der Waals surface area contributed by atoms with E-state index in [9.17, 15) is 0 Å². The molecule has 1 heterocycles. The Bertz CT molecular complexity index is 193. The van der Waals surface area contributed by atoms with E-state index >= 15 is 0 Å². The topological polar surface area (TPSA) is 9.23 Å². The van der Waals surface area contributed by atoms with Crippen LogP contribution in [0, 0.1) is 5.41 Å². The molecule has 0 aromatic heterocycles. The van der Waals surface area contributed by atoms with Crippen LogP contribution in [0.2, 0.25) is 0 Å². The summed E-state index contributed by atoms with van der Waals surface area (Å²) in [6, 6.07) is 0. The Balaban J connectivity index is 2.61. The molecule has 0 N–H and O–H groups in total. The van der Waals surface area contributed by atoms with E-state index in [1.807, 2.05) is 6.92 Å². The molecule has 0 bridgehead atoms. The Hall–Kier alpha value is 0.260. The average molecular weight is 193 g/mol. The first kappa shape index (κ1) is 9.35. The maximum atomic E-state index is 6.05. The van der Waals surface area contributed by atoms with E-state index in [-0.39, 0.29) is 5.41 Å². The molecular formula is C8H14ClOP. The van der Waals surface area contributed by atoms with E-state index in [0.717, 1.165) is 12.1 Å². The third-order valence-corrected chi connectivity index (χ3v) is 4.24. The lowest BCUT2D eigenvalue weighted by Crippen LogP contribution is -2.00. The lowest BCUT2D eigenvalue weighted by Gasteiger charge is -2.11. The Morgan fingerprint density at radius 3 is 2.27 bits per heavy atom. The van der Waals surface area contributed by atoms with Gasteiger partial charge in [-0.1, -0.05) is 32.0 Å². The highest BCUT2D eigenvalue weighted by atomic mass is 35.7. The third kappa shape index (κ3) is 1.89. The number of rotatable bonds is 2. The van der Waals surface area contributed by atoms with Gasteiger partial charge in [0.15, 0.2) is 0 Å². The molecule has 1 aliphatic rings. The molecule has 0 unspecified atom stereocenters. The summed E-state index contributed by atoms with van der Waals surface area (Å²) in [4.78, 5) is 0. The van der Waals surface area contributed by atoms with E-state index in [4.69, 9.17) is 16.0 Å². The van der Waals surface area contributed by atoms with Crippen molar-refractivity contribution in [3.8, 4) is 0 Å². The van der Waals surface area contributed by atoms with Gasteiger partial charge in [0, 0.05) is 5.31 Å². The molecule has 3 heteroatoms. The minimum Gasteiger partial charge on any atom is -0.492 e. The van der Waals surface area contributed by atoms with Crippen molar-refractivity contribution in [2.24, 2.45) is 5.41 Å². The standard InChI is InChI=1S/C8H14ClOP/c1-5-10-7-6(11(7)9)8(2,3)4/h5H2,1-4H3/t11-/m1/s1. The Morgan fingerprint density at radius 1 is 1.45 bits per heavy atom. The zero-order valence-corrected chi connectivity index (χ0v) is 9.09. The van der Waals surface area contributed by atoms with Gasteiger partial charge in [-0.05, 0) is 12.3 Å². The van der Waals surface area contributed by atoms with Crippen LogP contribution in [0.15, 0.2) is 10.8 Å². The van der Waals surface area contributed by atoms with Gasteiger partial charge < -0.3 is 4.74 Å². The number of hydrogen-bond donors (Lipinski definition) is 0. The van der Waals surface area contributed by atoms with E-state index < -0.39 is 7.27 Å². The SMILES string of the molecule is CCOC1=C(C(C)(C)C)[P@@]1Cl. The maximum Gasteiger partial charge on any atom is 0.143 e. The zero-order valence-electron chi connectivity index (χ0n) is 7.44. The van der Waals surface area contributed by atoms with Crippen LogP contribution in [0.3, 0.4) is 0 Å². The summed E-state index contributed by atoms with van der Waals surface area (Å²) >= 11 is 6.05. The van der Waals surface area contributed by atoms with Crippen LogP contribution >= 0.6 is 18.5 Å². The van der Waals surface area contributed by atoms with E-state index in [1.165, 1.54) is 5.31 Å². The minimum absolute atomic E-state index is 0.206. The molecule has 0 saturated carbocycles. The Morgan fingerprint density at radius 2 is 2.00 bits per heavy atom. The van der Waals surface area contributed by atoms with Crippen LogP contribution in [0.25, 0.3) is 0 Å². The summed E-state index contributed by atoms with van der Waals surface area (Å²) in [6.07, 6.45) is 0. The average Bonchev–Trinajstić information content (AvgIpc) is 2.41. The third-order valence-electron chi connectivity index (χ3n) is 1.52. The monoisotopic (exact) mass is 192 g/mol. The van der Waals surface area contributed by atoms with Crippen molar-refractivity contribution in [1.29, 1.82) is 0 Å². The minimum atomic E-state index is -0.508. The summed E-state index contributed by atoms with van der Waals surface area (Å²) in [7, 11) is -0.508. The molecule has 1 nitrogen and oxygen atoms in total. The van der Waals surface area contributed by atoms with Gasteiger partial charge >= 0.3 is 0 Å². The lowest BCUT2D eigenvalue weighted by molar-refractivity contribution is 0.258. The molecule has 11 heavy (non-hydrogen) atoms. The van der Waals surface area contributed by atoms with Crippen molar-refractivity contribution in [2.45, 2.75) is 27.7 Å². The van der Waals surface area contributed by atoms with E-state index in [1.54, 1.807) is 0 Å². The fourth-order valence-electron chi connectivity index (χ4n) is 1.01. The molecule has 0 aromatic rings. The highest BCUT2D eigenvalue weighted by Gasteiger charge is 2.44.